The van der Waals surface area contributed by atoms with E-state index in [-0.39, 0.29) is 11.6 Å². The first-order chi connectivity index (χ1) is 9.49. The van der Waals surface area contributed by atoms with E-state index in [1.807, 2.05) is 0 Å². The Morgan fingerprint density at radius 3 is 2.65 bits per heavy atom. The van der Waals surface area contributed by atoms with Gasteiger partial charge in [-0.1, -0.05) is 29.8 Å². The van der Waals surface area contributed by atoms with Gasteiger partial charge >= 0.3 is 7.12 Å². The lowest BCUT2D eigenvalue weighted by atomic mass is 9.77. The molecular weight excluding hydrogens is 281 g/mol. The number of benzene rings is 2. The van der Waals surface area contributed by atoms with Crippen LogP contribution in [0.25, 0.3) is 0 Å². The van der Waals surface area contributed by atoms with Crippen LogP contribution in [0.2, 0.25) is 5.02 Å². The van der Waals surface area contributed by atoms with Crippen LogP contribution in [0.3, 0.4) is 0 Å². The summed E-state index contributed by atoms with van der Waals surface area (Å²) in [5, 5.41) is 18.3. The van der Waals surface area contributed by atoms with E-state index in [1.54, 1.807) is 37.3 Å². The number of hydrogen-bond acceptors (Lipinski definition) is 3. The van der Waals surface area contributed by atoms with Gasteiger partial charge in [-0.3, -0.25) is 0 Å². The molecule has 3 nitrogen and oxygen atoms in total. The van der Waals surface area contributed by atoms with E-state index < -0.39 is 12.9 Å². The molecule has 0 atom stereocenters. The summed E-state index contributed by atoms with van der Waals surface area (Å²) in [6.07, 6.45) is 0. The van der Waals surface area contributed by atoms with Crippen molar-refractivity contribution in [3.05, 3.63) is 58.4 Å². The van der Waals surface area contributed by atoms with Crippen LogP contribution in [0.15, 0.2) is 36.4 Å². The smallest absolute Gasteiger partial charge is 0.488 e. The molecule has 0 heterocycles. The number of halogens is 2. The van der Waals surface area contributed by atoms with Gasteiger partial charge in [0.05, 0.1) is 5.02 Å². The average molecular weight is 295 g/mol. The van der Waals surface area contributed by atoms with Crippen LogP contribution in [0, 0.1) is 12.7 Å². The molecule has 0 spiro atoms. The largest absolute Gasteiger partial charge is 0.489 e. The molecule has 0 aliphatic heterocycles. The van der Waals surface area contributed by atoms with E-state index >= 15 is 0 Å². The van der Waals surface area contributed by atoms with Crippen LogP contribution < -0.4 is 10.2 Å². The molecule has 0 bridgehead atoms. The van der Waals surface area contributed by atoms with Crippen molar-refractivity contribution in [2.24, 2.45) is 0 Å². The molecule has 0 aliphatic carbocycles. The summed E-state index contributed by atoms with van der Waals surface area (Å²) in [6.45, 7) is 1.88. The zero-order valence-corrected chi connectivity index (χ0v) is 11.6. The van der Waals surface area contributed by atoms with Crippen molar-refractivity contribution in [3.8, 4) is 5.75 Å². The van der Waals surface area contributed by atoms with Crippen LogP contribution >= 0.6 is 11.6 Å². The molecule has 2 aromatic rings. The molecular formula is C14H13BClFO3. The Balaban J connectivity index is 2.11. The Morgan fingerprint density at radius 1 is 1.25 bits per heavy atom. The molecule has 20 heavy (non-hydrogen) atoms. The monoisotopic (exact) mass is 294 g/mol. The first kappa shape index (κ1) is 14.8. The Bertz CT molecular complexity index is 619. The van der Waals surface area contributed by atoms with E-state index in [0.29, 0.717) is 22.3 Å². The van der Waals surface area contributed by atoms with Gasteiger partial charge < -0.3 is 14.8 Å². The molecule has 0 fully saturated rings. The van der Waals surface area contributed by atoms with Crippen molar-refractivity contribution in [3.63, 3.8) is 0 Å². The summed E-state index contributed by atoms with van der Waals surface area (Å²) in [6, 6.07) is 9.41. The van der Waals surface area contributed by atoms with Crippen molar-refractivity contribution in [1.82, 2.24) is 0 Å². The third-order valence-electron chi connectivity index (χ3n) is 2.95. The van der Waals surface area contributed by atoms with E-state index in [2.05, 4.69) is 0 Å². The minimum absolute atomic E-state index is 0.0478. The van der Waals surface area contributed by atoms with Crippen molar-refractivity contribution in [2.75, 3.05) is 0 Å². The topological polar surface area (TPSA) is 49.7 Å². The lowest BCUT2D eigenvalue weighted by Gasteiger charge is -2.11. The van der Waals surface area contributed by atoms with Gasteiger partial charge in [0.25, 0.3) is 0 Å². The Hall–Kier alpha value is -1.56. The van der Waals surface area contributed by atoms with Gasteiger partial charge in [-0.2, -0.15) is 0 Å². The summed E-state index contributed by atoms with van der Waals surface area (Å²) in [7, 11) is -1.51. The molecule has 6 heteroatoms. The molecule has 0 amide bonds. The highest BCUT2D eigenvalue weighted by molar-refractivity contribution is 6.59. The van der Waals surface area contributed by atoms with Gasteiger partial charge in [-0.15, -0.1) is 0 Å². The summed E-state index contributed by atoms with van der Waals surface area (Å²) in [5.74, 6) is 0.0647. The molecule has 2 rings (SSSR count). The van der Waals surface area contributed by atoms with E-state index in [0.717, 1.165) is 0 Å². The quantitative estimate of drug-likeness (QED) is 0.849. The third kappa shape index (κ3) is 3.31. The molecule has 0 aromatic heterocycles. The average Bonchev–Trinajstić information content (AvgIpc) is 2.40. The Kier molecular flexibility index (Phi) is 4.65. The fraction of sp³-hybridized carbons (Fsp3) is 0.143. The fourth-order valence-electron chi connectivity index (χ4n) is 1.85. The summed E-state index contributed by atoms with van der Waals surface area (Å²) in [5.41, 5.74) is 1.67. The third-order valence-corrected chi connectivity index (χ3v) is 3.37. The molecule has 0 saturated heterocycles. The van der Waals surface area contributed by atoms with Crippen molar-refractivity contribution >= 4 is 24.2 Å². The highest BCUT2D eigenvalue weighted by Crippen LogP contribution is 2.21. The predicted molar refractivity (Wildman–Crippen MR) is 76.7 cm³/mol. The molecule has 2 N–H and O–H groups in total. The highest BCUT2D eigenvalue weighted by Gasteiger charge is 2.14. The standard InChI is InChI=1S/C14H13BClFO3/c1-9-7-11(5-6-12(9)15(18)19)20-8-10-3-2-4-13(17)14(10)16/h2-7,18-19H,8H2,1H3. The van der Waals surface area contributed by atoms with Gasteiger partial charge in [-0.25, -0.2) is 4.39 Å². The highest BCUT2D eigenvalue weighted by atomic mass is 35.5. The first-order valence-electron chi connectivity index (χ1n) is 6.01. The molecule has 0 aliphatic rings. The Labute approximate surface area is 121 Å². The van der Waals surface area contributed by atoms with Crippen LogP contribution in [0.1, 0.15) is 11.1 Å². The number of rotatable bonds is 4. The maximum atomic E-state index is 13.3. The van der Waals surface area contributed by atoms with E-state index in [9.17, 15) is 4.39 Å². The molecule has 0 unspecified atom stereocenters. The first-order valence-corrected chi connectivity index (χ1v) is 6.39. The van der Waals surface area contributed by atoms with Crippen LogP contribution in [-0.2, 0) is 6.61 Å². The second-order valence-corrected chi connectivity index (χ2v) is 4.77. The van der Waals surface area contributed by atoms with Crippen molar-refractivity contribution < 1.29 is 19.2 Å². The zero-order chi connectivity index (χ0) is 14.7. The zero-order valence-electron chi connectivity index (χ0n) is 10.8. The number of ether oxygens (including phenoxy) is 1. The van der Waals surface area contributed by atoms with Gasteiger partial charge in [0.2, 0.25) is 0 Å². The summed E-state index contributed by atoms with van der Waals surface area (Å²) in [4.78, 5) is 0. The van der Waals surface area contributed by atoms with Crippen LogP contribution in [-0.4, -0.2) is 17.2 Å². The van der Waals surface area contributed by atoms with Crippen molar-refractivity contribution in [1.29, 1.82) is 0 Å². The number of hydrogen-bond donors (Lipinski definition) is 2. The van der Waals surface area contributed by atoms with Crippen LogP contribution in [0.4, 0.5) is 4.39 Å². The molecule has 0 radical (unpaired) electrons. The minimum Gasteiger partial charge on any atom is -0.489 e. The molecule has 0 saturated carbocycles. The van der Waals surface area contributed by atoms with Crippen LogP contribution in [0.5, 0.6) is 5.75 Å². The maximum Gasteiger partial charge on any atom is 0.488 e. The van der Waals surface area contributed by atoms with E-state index in [4.69, 9.17) is 26.4 Å². The second-order valence-electron chi connectivity index (χ2n) is 4.39. The lowest BCUT2D eigenvalue weighted by molar-refractivity contribution is 0.305. The SMILES string of the molecule is Cc1cc(OCc2cccc(F)c2Cl)ccc1B(O)O. The second kappa shape index (κ2) is 6.26. The molecule has 2 aromatic carbocycles. The van der Waals surface area contributed by atoms with Gasteiger partial charge in [0.1, 0.15) is 18.2 Å². The summed E-state index contributed by atoms with van der Waals surface area (Å²) < 4.78 is 18.8. The normalized spacial score (nSPS) is 10.4. The van der Waals surface area contributed by atoms with Crippen molar-refractivity contribution in [2.45, 2.75) is 13.5 Å². The molecule has 104 valence electrons. The van der Waals surface area contributed by atoms with Gasteiger partial charge in [-0.05, 0) is 36.1 Å². The fourth-order valence-corrected chi connectivity index (χ4v) is 2.03. The van der Waals surface area contributed by atoms with Gasteiger partial charge in [0, 0.05) is 5.56 Å². The maximum absolute atomic E-state index is 13.3. The van der Waals surface area contributed by atoms with E-state index in [1.165, 1.54) is 6.07 Å². The Morgan fingerprint density at radius 2 is 2.00 bits per heavy atom. The lowest BCUT2D eigenvalue weighted by Crippen LogP contribution is -2.31. The predicted octanol–water partition coefficient (Wildman–Crippen LogP) is 2.05. The summed E-state index contributed by atoms with van der Waals surface area (Å²) >= 11 is 5.84. The minimum atomic E-state index is -1.51. The number of aryl methyl sites for hydroxylation is 1. The van der Waals surface area contributed by atoms with Gasteiger partial charge in [0.15, 0.2) is 0 Å².